The van der Waals surface area contributed by atoms with Gasteiger partial charge in [-0.2, -0.15) is 0 Å². The van der Waals surface area contributed by atoms with Gasteiger partial charge in [0.25, 0.3) is 5.91 Å². The van der Waals surface area contributed by atoms with Gasteiger partial charge >= 0.3 is 5.97 Å². The molecule has 0 saturated heterocycles. The van der Waals surface area contributed by atoms with E-state index in [1.807, 2.05) is 20.8 Å². The minimum Gasteiger partial charge on any atom is -0.491 e. The summed E-state index contributed by atoms with van der Waals surface area (Å²) in [6.45, 7) is 7.54. The second-order valence-electron chi connectivity index (χ2n) is 5.37. The smallest absolute Gasteiger partial charge is 0.326 e. The van der Waals surface area contributed by atoms with Gasteiger partial charge < -0.3 is 15.2 Å². The van der Waals surface area contributed by atoms with E-state index in [0.29, 0.717) is 17.7 Å². The molecule has 1 aromatic carbocycles. The summed E-state index contributed by atoms with van der Waals surface area (Å²) in [6, 6.07) is 5.78. The van der Waals surface area contributed by atoms with Crippen molar-refractivity contribution in [2.45, 2.75) is 46.3 Å². The molecule has 0 fully saturated rings. The number of carbonyl (C=O) groups excluding carboxylic acids is 1. The average molecular weight is 293 g/mol. The van der Waals surface area contributed by atoms with Crippen LogP contribution in [-0.2, 0) is 4.79 Å². The largest absolute Gasteiger partial charge is 0.491 e. The molecule has 0 aliphatic heterocycles. The lowest BCUT2D eigenvalue weighted by molar-refractivity contribution is -0.140. The highest BCUT2D eigenvalue weighted by atomic mass is 16.5. The maximum atomic E-state index is 12.1. The number of ether oxygens (including phenoxy) is 1. The third kappa shape index (κ3) is 5.10. The van der Waals surface area contributed by atoms with Crippen LogP contribution in [0.3, 0.4) is 0 Å². The summed E-state index contributed by atoms with van der Waals surface area (Å²) in [4.78, 5) is 23.3. The zero-order valence-corrected chi connectivity index (χ0v) is 12.9. The summed E-state index contributed by atoms with van der Waals surface area (Å²) < 4.78 is 5.50. The Labute approximate surface area is 125 Å². The summed E-state index contributed by atoms with van der Waals surface area (Å²) in [5.41, 5.74) is 0.417. The van der Waals surface area contributed by atoms with E-state index in [4.69, 9.17) is 4.74 Å². The van der Waals surface area contributed by atoms with E-state index in [1.54, 1.807) is 31.2 Å². The molecule has 2 atom stereocenters. The van der Waals surface area contributed by atoms with Gasteiger partial charge in [-0.25, -0.2) is 4.79 Å². The van der Waals surface area contributed by atoms with Crippen LogP contribution in [0.4, 0.5) is 0 Å². The SMILES string of the molecule is CC[C@H](C)[C@H](NC(=O)c1ccc(OC(C)C)cc1)C(=O)O. The number of benzene rings is 1. The van der Waals surface area contributed by atoms with E-state index in [1.165, 1.54) is 0 Å². The number of carboxylic acid groups (broad SMARTS) is 1. The quantitative estimate of drug-likeness (QED) is 0.810. The van der Waals surface area contributed by atoms with E-state index in [-0.39, 0.29) is 12.0 Å². The fraction of sp³-hybridized carbons (Fsp3) is 0.500. The van der Waals surface area contributed by atoms with Gasteiger partial charge in [0.1, 0.15) is 11.8 Å². The van der Waals surface area contributed by atoms with Crippen LogP contribution in [-0.4, -0.2) is 29.1 Å². The zero-order valence-electron chi connectivity index (χ0n) is 12.9. The Morgan fingerprint density at radius 3 is 2.19 bits per heavy atom. The summed E-state index contributed by atoms with van der Waals surface area (Å²) in [7, 11) is 0. The van der Waals surface area contributed by atoms with Gasteiger partial charge in [-0.15, -0.1) is 0 Å². The molecule has 1 aromatic rings. The van der Waals surface area contributed by atoms with Crippen LogP contribution in [0.1, 0.15) is 44.5 Å². The van der Waals surface area contributed by atoms with Gasteiger partial charge in [-0.05, 0) is 44.0 Å². The first-order valence-electron chi connectivity index (χ1n) is 7.15. The summed E-state index contributed by atoms with van der Waals surface area (Å²) in [5.74, 6) is -0.857. The van der Waals surface area contributed by atoms with E-state index in [0.717, 1.165) is 0 Å². The fourth-order valence-electron chi connectivity index (χ4n) is 1.86. The molecule has 21 heavy (non-hydrogen) atoms. The monoisotopic (exact) mass is 293 g/mol. The van der Waals surface area contributed by atoms with Gasteiger partial charge in [0.2, 0.25) is 0 Å². The Morgan fingerprint density at radius 1 is 1.19 bits per heavy atom. The fourth-order valence-corrected chi connectivity index (χ4v) is 1.86. The summed E-state index contributed by atoms with van der Waals surface area (Å²) in [6.07, 6.45) is 0.741. The van der Waals surface area contributed by atoms with Crippen LogP contribution in [0.25, 0.3) is 0 Å². The van der Waals surface area contributed by atoms with E-state index in [2.05, 4.69) is 5.32 Å². The number of hydrogen-bond donors (Lipinski definition) is 2. The van der Waals surface area contributed by atoms with Gasteiger partial charge in [0.15, 0.2) is 0 Å². The maximum absolute atomic E-state index is 12.1. The molecule has 5 nitrogen and oxygen atoms in total. The van der Waals surface area contributed by atoms with Crippen molar-refractivity contribution in [3.05, 3.63) is 29.8 Å². The summed E-state index contributed by atoms with van der Waals surface area (Å²) >= 11 is 0. The molecule has 0 radical (unpaired) electrons. The first-order chi connectivity index (χ1) is 9.85. The van der Waals surface area contributed by atoms with Crippen molar-refractivity contribution in [1.82, 2.24) is 5.32 Å². The number of nitrogens with one attached hydrogen (secondary N) is 1. The Bertz CT molecular complexity index is 482. The molecule has 1 rings (SSSR count). The lowest BCUT2D eigenvalue weighted by Crippen LogP contribution is -2.45. The highest BCUT2D eigenvalue weighted by molar-refractivity contribution is 5.96. The van der Waals surface area contributed by atoms with Crippen molar-refractivity contribution < 1.29 is 19.4 Å². The van der Waals surface area contributed by atoms with Gasteiger partial charge in [-0.3, -0.25) is 4.79 Å². The summed E-state index contributed by atoms with van der Waals surface area (Å²) in [5, 5.41) is 11.7. The molecule has 0 saturated carbocycles. The predicted octanol–water partition coefficient (Wildman–Crippen LogP) is 2.70. The van der Waals surface area contributed by atoms with E-state index >= 15 is 0 Å². The molecule has 0 unspecified atom stereocenters. The number of amides is 1. The first-order valence-corrected chi connectivity index (χ1v) is 7.15. The highest BCUT2D eigenvalue weighted by Gasteiger charge is 2.25. The van der Waals surface area contributed by atoms with Crippen molar-refractivity contribution in [2.24, 2.45) is 5.92 Å². The number of aliphatic carboxylic acids is 1. The van der Waals surface area contributed by atoms with Gasteiger partial charge in [-0.1, -0.05) is 20.3 Å². The predicted molar refractivity (Wildman–Crippen MR) is 80.6 cm³/mol. The first kappa shape index (κ1) is 17.0. The molecular formula is C16H23NO4. The van der Waals surface area contributed by atoms with Crippen molar-refractivity contribution in [3.63, 3.8) is 0 Å². The van der Waals surface area contributed by atoms with Crippen LogP contribution >= 0.6 is 0 Å². The second kappa shape index (κ2) is 7.67. The second-order valence-corrected chi connectivity index (χ2v) is 5.37. The Balaban J connectivity index is 2.76. The molecule has 1 amide bonds. The highest BCUT2D eigenvalue weighted by Crippen LogP contribution is 2.15. The molecule has 0 aromatic heterocycles. The number of carboxylic acids is 1. The number of hydrogen-bond acceptors (Lipinski definition) is 3. The average Bonchev–Trinajstić information content (AvgIpc) is 2.43. The van der Waals surface area contributed by atoms with Crippen LogP contribution in [0.5, 0.6) is 5.75 Å². The molecule has 0 heterocycles. The number of carbonyl (C=O) groups is 2. The molecule has 116 valence electrons. The topological polar surface area (TPSA) is 75.6 Å². The standard InChI is InChI=1S/C16H23NO4/c1-5-11(4)14(16(19)20)17-15(18)12-6-8-13(9-7-12)21-10(2)3/h6-11,14H,5H2,1-4H3,(H,17,18)(H,19,20)/t11-,14-/m0/s1. The molecule has 5 heteroatoms. The van der Waals surface area contributed by atoms with Crippen LogP contribution in [0.15, 0.2) is 24.3 Å². The molecule has 0 spiro atoms. The van der Waals surface area contributed by atoms with Crippen LogP contribution in [0, 0.1) is 5.92 Å². The number of rotatable bonds is 7. The molecular weight excluding hydrogens is 270 g/mol. The molecule has 2 N–H and O–H groups in total. The molecule has 0 aliphatic rings. The van der Waals surface area contributed by atoms with E-state index in [9.17, 15) is 14.7 Å². The van der Waals surface area contributed by atoms with Crippen molar-refractivity contribution in [2.75, 3.05) is 0 Å². The minimum absolute atomic E-state index is 0.0615. The van der Waals surface area contributed by atoms with Gasteiger partial charge in [0, 0.05) is 5.56 Å². The Hall–Kier alpha value is -2.04. The van der Waals surface area contributed by atoms with Gasteiger partial charge in [0.05, 0.1) is 6.10 Å². The zero-order chi connectivity index (χ0) is 16.0. The van der Waals surface area contributed by atoms with Crippen molar-refractivity contribution in [3.8, 4) is 5.75 Å². The molecule has 0 aliphatic carbocycles. The minimum atomic E-state index is -1.02. The Morgan fingerprint density at radius 2 is 1.76 bits per heavy atom. The normalized spacial score (nSPS) is 13.6. The van der Waals surface area contributed by atoms with E-state index < -0.39 is 17.9 Å². The third-order valence-electron chi connectivity index (χ3n) is 3.25. The van der Waals surface area contributed by atoms with Crippen molar-refractivity contribution >= 4 is 11.9 Å². The maximum Gasteiger partial charge on any atom is 0.326 e. The van der Waals surface area contributed by atoms with Crippen LogP contribution < -0.4 is 10.1 Å². The lowest BCUT2D eigenvalue weighted by atomic mass is 9.99. The lowest BCUT2D eigenvalue weighted by Gasteiger charge is -2.20. The van der Waals surface area contributed by atoms with Crippen molar-refractivity contribution in [1.29, 1.82) is 0 Å². The third-order valence-corrected chi connectivity index (χ3v) is 3.25. The van der Waals surface area contributed by atoms with Crippen LogP contribution in [0.2, 0.25) is 0 Å². The Kier molecular flexibility index (Phi) is 6.21. The molecule has 0 bridgehead atoms.